The van der Waals surface area contributed by atoms with Crippen molar-refractivity contribution in [2.24, 2.45) is 0 Å². The number of halogens is 2. The van der Waals surface area contributed by atoms with Crippen molar-refractivity contribution in [3.63, 3.8) is 0 Å². The van der Waals surface area contributed by atoms with Gasteiger partial charge in [0.2, 0.25) is 0 Å². The van der Waals surface area contributed by atoms with Crippen LogP contribution in [0.4, 0.5) is 5.69 Å². The molecule has 0 amide bonds. The number of aromatic nitrogens is 1. The average molecular weight is 260 g/mol. The summed E-state index contributed by atoms with van der Waals surface area (Å²) in [5, 5.41) is 1.65. The van der Waals surface area contributed by atoms with Crippen molar-refractivity contribution in [3.05, 3.63) is 27.3 Å². The molecule has 3 N–H and O–H groups in total. The summed E-state index contributed by atoms with van der Waals surface area (Å²) in [7, 11) is 0. The van der Waals surface area contributed by atoms with Crippen LogP contribution in [0.2, 0.25) is 5.02 Å². The number of benzene rings is 1. The molecule has 1 aromatic carbocycles. The van der Waals surface area contributed by atoms with Crippen LogP contribution in [0, 0.1) is 6.92 Å². The Kier molecular flexibility index (Phi) is 2.00. The second-order valence-electron chi connectivity index (χ2n) is 2.98. The quantitative estimate of drug-likeness (QED) is 0.699. The lowest BCUT2D eigenvalue weighted by Crippen LogP contribution is -1.85. The third-order valence-electron chi connectivity index (χ3n) is 2.02. The number of hydrogen-bond donors (Lipinski definition) is 2. The van der Waals surface area contributed by atoms with Gasteiger partial charge in [-0.2, -0.15) is 0 Å². The summed E-state index contributed by atoms with van der Waals surface area (Å²) in [4.78, 5) is 3.21. The van der Waals surface area contributed by atoms with E-state index in [1.165, 1.54) is 0 Å². The van der Waals surface area contributed by atoms with Crippen LogP contribution in [-0.4, -0.2) is 4.98 Å². The Morgan fingerprint density at radius 2 is 2.15 bits per heavy atom. The van der Waals surface area contributed by atoms with E-state index in [-0.39, 0.29) is 0 Å². The lowest BCUT2D eigenvalue weighted by atomic mass is 10.2. The summed E-state index contributed by atoms with van der Waals surface area (Å²) in [6.45, 7) is 1.99. The van der Waals surface area contributed by atoms with Gasteiger partial charge in [-0.05, 0) is 35.0 Å². The third-order valence-corrected chi connectivity index (χ3v) is 3.37. The highest BCUT2D eigenvalue weighted by molar-refractivity contribution is 9.10. The van der Waals surface area contributed by atoms with E-state index in [0.717, 1.165) is 21.1 Å². The summed E-state index contributed by atoms with van der Waals surface area (Å²) < 4.78 is 1.05. The maximum absolute atomic E-state index is 5.89. The maximum atomic E-state index is 5.89. The minimum Gasteiger partial charge on any atom is -0.398 e. The molecule has 0 aliphatic heterocycles. The lowest BCUT2D eigenvalue weighted by Gasteiger charge is -1.97. The van der Waals surface area contributed by atoms with Crippen molar-refractivity contribution in [1.29, 1.82) is 0 Å². The number of nitrogen functional groups attached to an aromatic ring is 1. The molecule has 1 aromatic heterocycles. The number of aryl methyl sites for hydroxylation is 1. The average Bonchev–Trinajstić information content (AvgIpc) is 2.32. The standard InChI is InChI=1S/C9H8BrClN2/c1-4-9(10)5-2-7(12)6(11)3-8(5)13-4/h2-3,13H,12H2,1H3. The maximum Gasteiger partial charge on any atom is 0.0656 e. The second kappa shape index (κ2) is 2.93. The number of nitrogens with two attached hydrogens (primary N) is 1. The van der Waals surface area contributed by atoms with Crippen LogP contribution in [-0.2, 0) is 0 Å². The van der Waals surface area contributed by atoms with Gasteiger partial charge in [0.25, 0.3) is 0 Å². The molecule has 2 rings (SSSR count). The molecule has 0 radical (unpaired) electrons. The molecule has 0 saturated carbocycles. The minimum atomic E-state index is 0.584. The third kappa shape index (κ3) is 1.32. The Labute approximate surface area is 89.2 Å². The van der Waals surface area contributed by atoms with Gasteiger partial charge in [0.15, 0.2) is 0 Å². The highest BCUT2D eigenvalue weighted by Gasteiger charge is 2.07. The molecule has 0 saturated heterocycles. The van der Waals surface area contributed by atoms with Crippen molar-refractivity contribution in [2.75, 3.05) is 5.73 Å². The summed E-state index contributed by atoms with van der Waals surface area (Å²) >= 11 is 9.37. The molecule has 13 heavy (non-hydrogen) atoms. The van der Waals surface area contributed by atoms with Crippen LogP contribution >= 0.6 is 27.5 Å². The first-order valence-electron chi connectivity index (χ1n) is 3.82. The van der Waals surface area contributed by atoms with Crippen molar-refractivity contribution in [1.82, 2.24) is 4.98 Å². The van der Waals surface area contributed by atoms with Gasteiger partial charge in [-0.15, -0.1) is 0 Å². The molecule has 0 bridgehead atoms. The Hall–Kier alpha value is -0.670. The summed E-state index contributed by atoms with van der Waals surface area (Å²) in [5.74, 6) is 0. The van der Waals surface area contributed by atoms with Crippen molar-refractivity contribution in [2.45, 2.75) is 6.92 Å². The molecule has 0 atom stereocenters. The number of anilines is 1. The number of hydrogen-bond acceptors (Lipinski definition) is 1. The first-order valence-corrected chi connectivity index (χ1v) is 4.99. The van der Waals surface area contributed by atoms with E-state index >= 15 is 0 Å². The molecule has 0 fully saturated rings. The zero-order valence-electron chi connectivity index (χ0n) is 6.99. The normalized spacial score (nSPS) is 11.0. The van der Waals surface area contributed by atoms with Gasteiger partial charge in [0.1, 0.15) is 0 Å². The molecule has 2 aromatic rings. The van der Waals surface area contributed by atoms with Gasteiger partial charge in [0, 0.05) is 21.1 Å². The zero-order chi connectivity index (χ0) is 9.59. The highest BCUT2D eigenvalue weighted by atomic mass is 79.9. The molecule has 0 spiro atoms. The van der Waals surface area contributed by atoms with Gasteiger partial charge in [-0.25, -0.2) is 0 Å². The molecule has 0 aliphatic rings. The molecule has 1 heterocycles. The van der Waals surface area contributed by atoms with E-state index in [1.807, 2.05) is 19.1 Å². The SMILES string of the molecule is Cc1[nH]c2cc(Cl)c(N)cc2c1Br. The van der Waals surface area contributed by atoms with E-state index in [0.29, 0.717) is 10.7 Å². The van der Waals surface area contributed by atoms with Crippen LogP contribution in [0.15, 0.2) is 16.6 Å². The van der Waals surface area contributed by atoms with Crippen molar-refractivity contribution < 1.29 is 0 Å². The summed E-state index contributed by atoms with van der Waals surface area (Å²) in [6.07, 6.45) is 0. The van der Waals surface area contributed by atoms with Gasteiger partial charge in [0.05, 0.1) is 10.7 Å². The molecular formula is C9H8BrClN2. The fourth-order valence-corrected chi connectivity index (χ4v) is 1.92. The predicted octanol–water partition coefficient (Wildman–Crippen LogP) is 3.47. The topological polar surface area (TPSA) is 41.8 Å². The predicted molar refractivity (Wildman–Crippen MR) is 60.2 cm³/mol. The first kappa shape index (κ1) is 8.91. The van der Waals surface area contributed by atoms with Gasteiger partial charge in [-0.1, -0.05) is 11.6 Å². The van der Waals surface area contributed by atoms with Crippen LogP contribution in [0.5, 0.6) is 0 Å². The fourth-order valence-electron chi connectivity index (χ4n) is 1.33. The monoisotopic (exact) mass is 258 g/mol. The second-order valence-corrected chi connectivity index (χ2v) is 4.18. The lowest BCUT2D eigenvalue weighted by molar-refractivity contribution is 1.29. The largest absolute Gasteiger partial charge is 0.398 e. The van der Waals surface area contributed by atoms with E-state index in [2.05, 4.69) is 20.9 Å². The van der Waals surface area contributed by atoms with Crippen molar-refractivity contribution >= 4 is 44.1 Å². The Bertz CT molecular complexity index is 476. The molecule has 2 nitrogen and oxygen atoms in total. The molecule has 68 valence electrons. The zero-order valence-corrected chi connectivity index (χ0v) is 9.33. The number of aromatic amines is 1. The van der Waals surface area contributed by atoms with Crippen LogP contribution in [0.1, 0.15) is 5.69 Å². The van der Waals surface area contributed by atoms with Crippen LogP contribution < -0.4 is 5.73 Å². The number of fused-ring (bicyclic) bond motifs is 1. The van der Waals surface area contributed by atoms with E-state index in [4.69, 9.17) is 17.3 Å². The van der Waals surface area contributed by atoms with Gasteiger partial charge >= 0.3 is 0 Å². The first-order chi connectivity index (χ1) is 6.09. The summed E-state index contributed by atoms with van der Waals surface area (Å²) in [6, 6.07) is 3.70. The van der Waals surface area contributed by atoms with Gasteiger partial charge < -0.3 is 10.7 Å². The number of H-pyrrole nitrogens is 1. The van der Waals surface area contributed by atoms with E-state index < -0.39 is 0 Å². The Morgan fingerprint density at radius 3 is 2.85 bits per heavy atom. The van der Waals surface area contributed by atoms with Crippen molar-refractivity contribution in [3.8, 4) is 0 Å². The van der Waals surface area contributed by atoms with Crippen LogP contribution in [0.3, 0.4) is 0 Å². The Morgan fingerprint density at radius 1 is 1.46 bits per heavy atom. The smallest absolute Gasteiger partial charge is 0.0656 e. The molecule has 4 heteroatoms. The highest BCUT2D eigenvalue weighted by Crippen LogP contribution is 2.32. The van der Waals surface area contributed by atoms with E-state index in [9.17, 15) is 0 Å². The Balaban J connectivity index is 2.89. The summed E-state index contributed by atoms with van der Waals surface area (Å²) in [5.41, 5.74) is 8.39. The van der Waals surface area contributed by atoms with Crippen LogP contribution in [0.25, 0.3) is 10.9 Å². The number of rotatable bonds is 0. The fraction of sp³-hybridized carbons (Fsp3) is 0.111. The van der Waals surface area contributed by atoms with E-state index in [1.54, 1.807) is 0 Å². The van der Waals surface area contributed by atoms with Gasteiger partial charge in [-0.3, -0.25) is 0 Å². The number of nitrogens with one attached hydrogen (secondary N) is 1. The molecule has 0 aliphatic carbocycles. The minimum absolute atomic E-state index is 0.584. The molecular weight excluding hydrogens is 251 g/mol. The molecule has 0 unspecified atom stereocenters.